The van der Waals surface area contributed by atoms with Crippen LogP contribution in [0.4, 0.5) is 0 Å². The van der Waals surface area contributed by atoms with Crippen LogP contribution in [0.5, 0.6) is 0 Å². The van der Waals surface area contributed by atoms with Crippen LogP contribution < -0.4 is 0 Å². The van der Waals surface area contributed by atoms with E-state index in [0.29, 0.717) is 0 Å². The first-order valence-corrected chi connectivity index (χ1v) is 9.14. The number of thioether (sulfide) groups is 2. The number of ketones is 1. The molecule has 110 valence electrons. The zero-order valence-corrected chi connectivity index (χ0v) is 13.7. The molecular weight excluding hydrogens is 308 g/mol. The monoisotopic (exact) mass is 324 g/mol. The van der Waals surface area contributed by atoms with Gasteiger partial charge in [0.1, 0.15) is 0 Å². The van der Waals surface area contributed by atoms with Crippen LogP contribution in [0.15, 0.2) is 76.5 Å². The van der Waals surface area contributed by atoms with Gasteiger partial charge in [-0.1, -0.05) is 66.7 Å². The molecule has 0 bridgehead atoms. The lowest BCUT2D eigenvalue weighted by atomic mass is 10.0. The van der Waals surface area contributed by atoms with Crippen LogP contribution in [-0.2, 0) is 0 Å². The molecule has 1 nitrogen and oxygen atoms in total. The van der Waals surface area contributed by atoms with Crippen molar-refractivity contribution >= 4 is 35.4 Å². The normalized spacial score (nSPS) is 14.5. The number of Topliss-reactive ketones (excluding diaryl/α,β-unsaturated/α-hetero) is 1. The molecule has 3 heteroatoms. The third-order valence-electron chi connectivity index (χ3n) is 3.29. The Kier molecular flexibility index (Phi) is 5.20. The Morgan fingerprint density at radius 2 is 1.45 bits per heavy atom. The van der Waals surface area contributed by atoms with Gasteiger partial charge in [0, 0.05) is 22.6 Å². The number of carbonyl (C=O) groups is 1. The first kappa shape index (κ1) is 15.2. The van der Waals surface area contributed by atoms with Crippen molar-refractivity contribution in [1.29, 1.82) is 0 Å². The van der Waals surface area contributed by atoms with Gasteiger partial charge in [-0.15, -0.1) is 23.5 Å². The molecule has 0 aliphatic carbocycles. The second-order valence-corrected chi connectivity index (χ2v) is 7.31. The SMILES string of the molecule is O=C(C(/C=C/c1ccccc1)=C1SCCS1)c1ccccc1. The van der Waals surface area contributed by atoms with Gasteiger partial charge in [0.05, 0.1) is 4.24 Å². The fraction of sp³-hybridized carbons (Fsp3) is 0.105. The summed E-state index contributed by atoms with van der Waals surface area (Å²) in [7, 11) is 0. The zero-order chi connectivity index (χ0) is 15.2. The summed E-state index contributed by atoms with van der Waals surface area (Å²) >= 11 is 3.56. The molecule has 0 atom stereocenters. The summed E-state index contributed by atoms with van der Waals surface area (Å²) in [4.78, 5) is 12.8. The van der Waals surface area contributed by atoms with E-state index in [1.807, 2.05) is 72.8 Å². The van der Waals surface area contributed by atoms with Crippen molar-refractivity contribution in [3.05, 3.63) is 87.7 Å². The molecule has 0 radical (unpaired) electrons. The van der Waals surface area contributed by atoms with E-state index in [1.54, 1.807) is 23.5 Å². The van der Waals surface area contributed by atoms with E-state index in [0.717, 1.165) is 32.4 Å². The molecule has 1 aliphatic heterocycles. The van der Waals surface area contributed by atoms with Crippen LogP contribution >= 0.6 is 23.5 Å². The highest BCUT2D eigenvalue weighted by Gasteiger charge is 2.19. The summed E-state index contributed by atoms with van der Waals surface area (Å²) in [6, 6.07) is 19.6. The number of carbonyl (C=O) groups excluding carboxylic acids is 1. The first-order valence-electron chi connectivity index (χ1n) is 7.17. The van der Waals surface area contributed by atoms with Crippen LogP contribution in [0, 0.1) is 0 Å². The molecule has 0 amide bonds. The molecule has 0 unspecified atom stereocenters. The summed E-state index contributed by atoms with van der Waals surface area (Å²) in [5.41, 5.74) is 2.66. The van der Waals surface area contributed by atoms with E-state index in [9.17, 15) is 4.79 Å². The molecule has 1 fully saturated rings. The van der Waals surface area contributed by atoms with Crippen molar-refractivity contribution in [1.82, 2.24) is 0 Å². The number of allylic oxidation sites excluding steroid dienone is 2. The van der Waals surface area contributed by atoms with Gasteiger partial charge in [-0.3, -0.25) is 4.79 Å². The van der Waals surface area contributed by atoms with Gasteiger partial charge in [-0.05, 0) is 11.6 Å². The van der Waals surface area contributed by atoms with Crippen molar-refractivity contribution in [3.8, 4) is 0 Å². The number of benzene rings is 2. The van der Waals surface area contributed by atoms with Crippen LogP contribution in [0.25, 0.3) is 6.08 Å². The third kappa shape index (κ3) is 3.73. The largest absolute Gasteiger partial charge is 0.289 e. The lowest BCUT2D eigenvalue weighted by Crippen LogP contribution is -2.02. The maximum atomic E-state index is 12.8. The van der Waals surface area contributed by atoms with E-state index >= 15 is 0 Å². The summed E-state index contributed by atoms with van der Waals surface area (Å²) in [5, 5.41) is 0. The van der Waals surface area contributed by atoms with Crippen LogP contribution in [0.2, 0.25) is 0 Å². The Morgan fingerprint density at radius 3 is 2.09 bits per heavy atom. The summed E-state index contributed by atoms with van der Waals surface area (Å²) in [5.74, 6) is 2.25. The summed E-state index contributed by atoms with van der Waals surface area (Å²) in [6.07, 6.45) is 3.98. The molecule has 0 spiro atoms. The summed E-state index contributed by atoms with van der Waals surface area (Å²) < 4.78 is 1.14. The van der Waals surface area contributed by atoms with Crippen molar-refractivity contribution in [2.24, 2.45) is 0 Å². The minimum atomic E-state index is 0.102. The average molecular weight is 324 g/mol. The van der Waals surface area contributed by atoms with Gasteiger partial charge in [-0.25, -0.2) is 0 Å². The molecule has 0 N–H and O–H groups in total. The fourth-order valence-electron chi connectivity index (χ4n) is 2.19. The van der Waals surface area contributed by atoms with Gasteiger partial charge in [0.15, 0.2) is 5.78 Å². The predicted molar refractivity (Wildman–Crippen MR) is 98.2 cm³/mol. The van der Waals surface area contributed by atoms with Crippen LogP contribution in [-0.4, -0.2) is 17.3 Å². The van der Waals surface area contributed by atoms with Gasteiger partial charge >= 0.3 is 0 Å². The van der Waals surface area contributed by atoms with Crippen molar-refractivity contribution in [2.45, 2.75) is 0 Å². The molecule has 1 aliphatic rings. The molecule has 0 aromatic heterocycles. The highest BCUT2D eigenvalue weighted by Crippen LogP contribution is 2.40. The molecule has 1 saturated heterocycles. The number of rotatable bonds is 4. The van der Waals surface area contributed by atoms with Gasteiger partial charge in [0.25, 0.3) is 0 Å². The lowest BCUT2D eigenvalue weighted by Gasteiger charge is -2.06. The highest BCUT2D eigenvalue weighted by molar-refractivity contribution is 8.25. The first-order chi connectivity index (χ1) is 10.8. The quantitative estimate of drug-likeness (QED) is 0.563. The Balaban J connectivity index is 1.93. The molecule has 1 heterocycles. The van der Waals surface area contributed by atoms with Gasteiger partial charge in [0.2, 0.25) is 0 Å². The minimum absolute atomic E-state index is 0.102. The molecule has 0 saturated carbocycles. The maximum absolute atomic E-state index is 12.8. The van der Waals surface area contributed by atoms with Gasteiger partial charge in [-0.2, -0.15) is 0 Å². The molecule has 3 rings (SSSR count). The Morgan fingerprint density at radius 1 is 0.864 bits per heavy atom. The summed E-state index contributed by atoms with van der Waals surface area (Å²) in [6.45, 7) is 0. The maximum Gasteiger partial charge on any atom is 0.194 e. The van der Waals surface area contributed by atoms with E-state index in [-0.39, 0.29) is 5.78 Å². The predicted octanol–water partition coefficient (Wildman–Crippen LogP) is 5.27. The van der Waals surface area contributed by atoms with Crippen LogP contribution in [0.1, 0.15) is 15.9 Å². The van der Waals surface area contributed by atoms with Crippen molar-refractivity contribution in [3.63, 3.8) is 0 Å². The third-order valence-corrected chi connectivity index (χ3v) is 6.04. The second-order valence-electron chi connectivity index (χ2n) is 4.84. The van der Waals surface area contributed by atoms with Crippen molar-refractivity contribution < 1.29 is 4.79 Å². The fourth-order valence-corrected chi connectivity index (χ4v) is 4.69. The molecular formula is C19H16OS2. The Hall–Kier alpha value is -1.71. The Labute approximate surface area is 139 Å². The van der Waals surface area contributed by atoms with E-state index < -0.39 is 0 Å². The molecule has 2 aromatic carbocycles. The standard InChI is InChI=1S/C19H16OS2/c20-18(16-9-5-2-6-10-16)17(19-21-13-14-22-19)12-11-15-7-3-1-4-8-15/h1-12H,13-14H2/b12-11+. The smallest absolute Gasteiger partial charge is 0.194 e. The molecule has 2 aromatic rings. The van der Waals surface area contributed by atoms with Crippen LogP contribution in [0.3, 0.4) is 0 Å². The Bertz CT molecular complexity index is 695. The van der Waals surface area contributed by atoms with E-state index in [1.165, 1.54) is 0 Å². The molecule has 22 heavy (non-hydrogen) atoms. The number of hydrogen-bond acceptors (Lipinski definition) is 3. The van der Waals surface area contributed by atoms with E-state index in [4.69, 9.17) is 0 Å². The lowest BCUT2D eigenvalue weighted by molar-refractivity contribution is 0.103. The number of hydrogen-bond donors (Lipinski definition) is 0. The average Bonchev–Trinajstić information content (AvgIpc) is 3.11. The topological polar surface area (TPSA) is 17.1 Å². The van der Waals surface area contributed by atoms with E-state index in [2.05, 4.69) is 0 Å². The highest BCUT2D eigenvalue weighted by atomic mass is 32.2. The van der Waals surface area contributed by atoms with Crippen molar-refractivity contribution in [2.75, 3.05) is 11.5 Å². The van der Waals surface area contributed by atoms with Gasteiger partial charge < -0.3 is 0 Å². The second kappa shape index (κ2) is 7.52. The zero-order valence-electron chi connectivity index (χ0n) is 12.1. The minimum Gasteiger partial charge on any atom is -0.289 e.